The van der Waals surface area contributed by atoms with Crippen LogP contribution in [0.1, 0.15) is 16.7 Å². The molecule has 0 heterocycles. The Balaban J connectivity index is 2.33. The third-order valence-corrected chi connectivity index (χ3v) is 3.00. The van der Waals surface area contributed by atoms with Gasteiger partial charge in [-0.15, -0.1) is 0 Å². The second-order valence-electron chi connectivity index (χ2n) is 3.83. The zero-order valence-electron chi connectivity index (χ0n) is 8.17. The van der Waals surface area contributed by atoms with Crippen molar-refractivity contribution >= 4 is 0 Å². The molecule has 0 bridgehead atoms. The fraction of sp³-hybridized carbons (Fsp3) is 0.143. The van der Waals surface area contributed by atoms with Gasteiger partial charge in [-0.25, -0.2) is 0 Å². The first-order valence-electron chi connectivity index (χ1n) is 4.95. The van der Waals surface area contributed by atoms with E-state index in [1.54, 1.807) is 0 Å². The molecule has 2 aromatic rings. The van der Waals surface area contributed by atoms with Crippen molar-refractivity contribution < 1.29 is 0 Å². The summed E-state index contributed by atoms with van der Waals surface area (Å²) in [5, 5.41) is 0. The summed E-state index contributed by atoms with van der Waals surface area (Å²) < 4.78 is 0. The van der Waals surface area contributed by atoms with Crippen LogP contribution >= 0.6 is 0 Å². The van der Waals surface area contributed by atoms with Crippen LogP contribution < -0.4 is 0 Å². The molecule has 1 aliphatic carbocycles. The van der Waals surface area contributed by atoms with Crippen LogP contribution in [0.2, 0.25) is 0 Å². The minimum atomic E-state index is 1.08. The Kier molecular flexibility index (Phi) is 1.51. The molecular weight excluding hydrogens is 168 g/mol. The zero-order chi connectivity index (χ0) is 9.54. The average molecular weight is 179 g/mol. The van der Waals surface area contributed by atoms with E-state index in [9.17, 15) is 0 Å². The minimum Gasteiger partial charge on any atom is -0.0619 e. The molecule has 0 heteroatoms. The first-order valence-corrected chi connectivity index (χ1v) is 4.95. The largest absolute Gasteiger partial charge is 0.0619 e. The number of hydrogen-bond donors (Lipinski definition) is 0. The number of benzene rings is 2. The maximum absolute atomic E-state index is 3.27. The van der Waals surface area contributed by atoms with Crippen LogP contribution in [-0.2, 0) is 6.42 Å². The molecule has 14 heavy (non-hydrogen) atoms. The molecule has 0 aliphatic heterocycles. The topological polar surface area (TPSA) is 0 Å². The second kappa shape index (κ2) is 2.71. The Morgan fingerprint density at radius 1 is 1.07 bits per heavy atom. The quantitative estimate of drug-likeness (QED) is 0.496. The molecule has 0 amide bonds. The molecule has 1 aliphatic rings. The van der Waals surface area contributed by atoms with Crippen LogP contribution in [0.15, 0.2) is 36.4 Å². The van der Waals surface area contributed by atoms with Crippen LogP contribution in [0.25, 0.3) is 11.1 Å². The van der Waals surface area contributed by atoms with Crippen molar-refractivity contribution in [1.82, 2.24) is 0 Å². The van der Waals surface area contributed by atoms with Gasteiger partial charge in [-0.2, -0.15) is 0 Å². The smallest absolute Gasteiger partial charge is 0.00106 e. The van der Waals surface area contributed by atoms with Gasteiger partial charge in [-0.1, -0.05) is 36.4 Å². The molecule has 2 aromatic carbocycles. The monoisotopic (exact) mass is 179 g/mol. The van der Waals surface area contributed by atoms with Crippen molar-refractivity contribution in [3.8, 4) is 11.1 Å². The molecule has 0 N–H and O–H groups in total. The van der Waals surface area contributed by atoms with Crippen LogP contribution in [-0.4, -0.2) is 0 Å². The van der Waals surface area contributed by atoms with Gasteiger partial charge in [0.15, 0.2) is 0 Å². The van der Waals surface area contributed by atoms with Crippen LogP contribution in [0.5, 0.6) is 0 Å². The van der Waals surface area contributed by atoms with Gasteiger partial charge in [-0.05, 0) is 47.2 Å². The van der Waals surface area contributed by atoms with Crippen molar-refractivity contribution in [2.75, 3.05) is 0 Å². The van der Waals surface area contributed by atoms with Gasteiger partial charge in [-0.3, -0.25) is 0 Å². The summed E-state index contributed by atoms with van der Waals surface area (Å²) >= 11 is 0. The van der Waals surface area contributed by atoms with Crippen molar-refractivity contribution in [1.29, 1.82) is 0 Å². The Labute approximate surface area is 84.2 Å². The lowest BCUT2D eigenvalue weighted by molar-refractivity contribution is 1.21. The van der Waals surface area contributed by atoms with Crippen LogP contribution in [0.3, 0.4) is 0 Å². The predicted octanol–water partition coefficient (Wildman–Crippen LogP) is 3.37. The highest BCUT2D eigenvalue weighted by atomic mass is 14.2. The van der Waals surface area contributed by atoms with Gasteiger partial charge in [0.2, 0.25) is 0 Å². The highest BCUT2D eigenvalue weighted by Gasteiger charge is 2.18. The van der Waals surface area contributed by atoms with Crippen molar-refractivity contribution in [2.24, 2.45) is 0 Å². The van der Waals surface area contributed by atoms with Gasteiger partial charge in [0.25, 0.3) is 0 Å². The average Bonchev–Trinajstić information content (AvgIpc) is 2.59. The molecule has 0 atom stereocenters. The van der Waals surface area contributed by atoms with Gasteiger partial charge < -0.3 is 0 Å². The maximum atomic E-state index is 3.27. The summed E-state index contributed by atoms with van der Waals surface area (Å²) in [5.41, 5.74) is 6.99. The normalized spacial score (nSPS) is 12.4. The summed E-state index contributed by atoms with van der Waals surface area (Å²) in [6, 6.07) is 16.1. The first-order chi connectivity index (χ1) is 6.86. The fourth-order valence-corrected chi connectivity index (χ4v) is 2.25. The number of fused-ring (bicyclic) bond motifs is 3. The van der Waals surface area contributed by atoms with Gasteiger partial charge in [0, 0.05) is 0 Å². The lowest BCUT2D eigenvalue weighted by Crippen LogP contribution is -1.85. The minimum absolute atomic E-state index is 1.08. The molecule has 0 saturated heterocycles. The van der Waals surface area contributed by atoms with E-state index in [4.69, 9.17) is 0 Å². The third-order valence-electron chi connectivity index (χ3n) is 3.00. The zero-order valence-corrected chi connectivity index (χ0v) is 8.17. The van der Waals surface area contributed by atoms with Crippen LogP contribution in [0, 0.1) is 13.0 Å². The second-order valence-corrected chi connectivity index (χ2v) is 3.83. The van der Waals surface area contributed by atoms with Crippen molar-refractivity contribution in [3.63, 3.8) is 0 Å². The van der Waals surface area contributed by atoms with Crippen molar-refractivity contribution in [3.05, 3.63) is 59.2 Å². The summed E-state index contributed by atoms with van der Waals surface area (Å²) in [6.07, 6.45) is 1.08. The summed E-state index contributed by atoms with van der Waals surface area (Å²) in [7, 11) is 0. The molecule has 0 nitrogen and oxygen atoms in total. The van der Waals surface area contributed by atoms with E-state index in [0.29, 0.717) is 0 Å². The van der Waals surface area contributed by atoms with E-state index in [1.165, 1.54) is 27.8 Å². The fourth-order valence-electron chi connectivity index (χ4n) is 2.25. The maximum Gasteiger partial charge on any atom is -0.00106 e. The van der Waals surface area contributed by atoms with Crippen LogP contribution in [0.4, 0.5) is 0 Å². The van der Waals surface area contributed by atoms with E-state index >= 15 is 0 Å². The molecule has 0 spiro atoms. The van der Waals surface area contributed by atoms with Gasteiger partial charge in [0.05, 0.1) is 0 Å². The van der Waals surface area contributed by atoms with E-state index < -0.39 is 0 Å². The summed E-state index contributed by atoms with van der Waals surface area (Å²) in [4.78, 5) is 0. The Bertz CT molecular complexity index is 495. The Morgan fingerprint density at radius 3 is 2.86 bits per heavy atom. The predicted molar refractivity (Wildman–Crippen MR) is 58.3 cm³/mol. The molecule has 0 fully saturated rings. The highest BCUT2D eigenvalue weighted by Crippen LogP contribution is 2.37. The van der Waals surface area contributed by atoms with Crippen molar-refractivity contribution in [2.45, 2.75) is 13.3 Å². The van der Waals surface area contributed by atoms with E-state index in [1.807, 2.05) is 6.07 Å². The molecule has 3 rings (SSSR count). The number of aryl methyl sites for hydroxylation is 1. The highest BCUT2D eigenvalue weighted by molar-refractivity contribution is 5.77. The molecule has 1 radical (unpaired) electrons. The number of rotatable bonds is 0. The lowest BCUT2D eigenvalue weighted by Gasteiger charge is -2.01. The molecule has 0 aromatic heterocycles. The molecular formula is C14H11. The van der Waals surface area contributed by atoms with E-state index in [2.05, 4.69) is 43.3 Å². The molecule has 0 saturated carbocycles. The molecule has 0 unspecified atom stereocenters. The lowest BCUT2D eigenvalue weighted by atomic mass is 10.0. The van der Waals surface area contributed by atoms with Gasteiger partial charge in [0.1, 0.15) is 0 Å². The number of hydrogen-bond acceptors (Lipinski definition) is 0. The SMILES string of the molecule is Cc1[c]ccc2c1Cc1ccccc1-2. The van der Waals surface area contributed by atoms with E-state index in [0.717, 1.165) is 6.42 Å². The summed E-state index contributed by atoms with van der Waals surface area (Å²) in [5.74, 6) is 0. The Hall–Kier alpha value is -1.56. The van der Waals surface area contributed by atoms with Gasteiger partial charge >= 0.3 is 0 Å². The third kappa shape index (κ3) is 0.941. The standard InChI is InChI=1S/C14H11/c1-10-5-4-8-13-12-7-3-2-6-11(12)9-14(10)13/h2-4,6-8H,9H2,1H3. The summed E-state index contributed by atoms with van der Waals surface area (Å²) in [6.45, 7) is 2.14. The van der Waals surface area contributed by atoms with E-state index in [-0.39, 0.29) is 0 Å². The Morgan fingerprint density at radius 2 is 1.93 bits per heavy atom. The molecule has 67 valence electrons. The first kappa shape index (κ1) is 7.81.